The second kappa shape index (κ2) is 13.2. The topological polar surface area (TPSA) is 101 Å². The Morgan fingerprint density at radius 3 is 2.18 bits per heavy atom. The van der Waals surface area contributed by atoms with Crippen LogP contribution in [0.2, 0.25) is 10.0 Å². The smallest absolute Gasteiger partial charge is 0.315 e. The number of nitrogens with zero attached hydrogens (tertiary/aromatic N) is 3. The van der Waals surface area contributed by atoms with Crippen LogP contribution in [-0.4, -0.2) is 85.8 Å². The Labute approximate surface area is 267 Å². The van der Waals surface area contributed by atoms with E-state index in [4.69, 9.17) is 37.4 Å². The normalized spacial score (nSPS) is 19.9. The van der Waals surface area contributed by atoms with Gasteiger partial charge in [-0.05, 0) is 87.3 Å². The van der Waals surface area contributed by atoms with Crippen molar-refractivity contribution in [2.45, 2.75) is 36.5 Å². The lowest BCUT2D eigenvalue weighted by Crippen LogP contribution is -2.48. The van der Waals surface area contributed by atoms with Crippen LogP contribution in [0.15, 0.2) is 54.7 Å². The number of aromatic nitrogens is 1. The lowest BCUT2D eigenvalue weighted by molar-refractivity contribution is -0.146. The van der Waals surface area contributed by atoms with E-state index in [1.165, 1.54) is 21.3 Å². The molecule has 11 heteroatoms. The molecule has 0 saturated carbocycles. The molecule has 2 aliphatic heterocycles. The lowest BCUT2D eigenvalue weighted by atomic mass is 9.74. The minimum absolute atomic E-state index is 0.134. The summed E-state index contributed by atoms with van der Waals surface area (Å²) in [6.07, 6.45) is 4.10. The van der Waals surface area contributed by atoms with Crippen LogP contribution in [0, 0.1) is 0 Å². The van der Waals surface area contributed by atoms with Crippen LogP contribution in [0.1, 0.15) is 47.3 Å². The number of methoxy groups -OCH3 is 3. The van der Waals surface area contributed by atoms with E-state index >= 15 is 0 Å². The predicted octanol–water partition coefficient (Wildman–Crippen LogP) is 5.71. The van der Waals surface area contributed by atoms with Crippen LogP contribution in [0.3, 0.4) is 0 Å². The number of amides is 1. The quantitative estimate of drug-likeness (QED) is 0.301. The molecule has 1 aromatic heterocycles. The third-order valence-corrected chi connectivity index (χ3v) is 10.0. The van der Waals surface area contributed by atoms with E-state index in [0.29, 0.717) is 77.6 Å². The molecule has 1 atom stereocenters. The minimum atomic E-state index is -0.990. The number of aliphatic carboxylic acids is 1. The molecule has 1 unspecified atom stereocenters. The number of carbonyl (C=O) groups excluding carboxylic acids is 1. The molecule has 5 rings (SSSR count). The van der Waals surface area contributed by atoms with Crippen molar-refractivity contribution in [2.24, 2.45) is 0 Å². The van der Waals surface area contributed by atoms with Crippen molar-refractivity contribution in [1.82, 2.24) is 14.8 Å². The molecule has 1 amide bonds. The third-order valence-electron chi connectivity index (χ3n) is 9.27. The lowest BCUT2D eigenvalue weighted by Gasteiger charge is -2.40. The molecule has 0 radical (unpaired) electrons. The first-order chi connectivity index (χ1) is 21.2. The molecule has 0 bridgehead atoms. The molecular weight excluding hydrogens is 605 g/mol. The Morgan fingerprint density at radius 1 is 0.909 bits per heavy atom. The first-order valence-corrected chi connectivity index (χ1v) is 15.3. The van der Waals surface area contributed by atoms with Gasteiger partial charge in [0.2, 0.25) is 5.75 Å². The number of rotatable bonds is 10. The molecule has 1 N–H and O–H groups in total. The van der Waals surface area contributed by atoms with Gasteiger partial charge in [-0.25, -0.2) is 0 Å². The van der Waals surface area contributed by atoms with Crippen LogP contribution >= 0.6 is 23.2 Å². The highest BCUT2D eigenvalue weighted by molar-refractivity contribution is 6.42. The van der Waals surface area contributed by atoms with Crippen LogP contribution in [0.25, 0.3) is 0 Å². The van der Waals surface area contributed by atoms with E-state index in [2.05, 4.69) is 9.88 Å². The number of piperidine rings is 1. The number of hydrogen-bond donors (Lipinski definition) is 1. The number of halogens is 2. The van der Waals surface area contributed by atoms with Gasteiger partial charge in [0.15, 0.2) is 11.5 Å². The molecule has 44 heavy (non-hydrogen) atoms. The number of pyridine rings is 1. The average molecular weight is 643 g/mol. The Kier molecular flexibility index (Phi) is 9.58. The second-order valence-corrected chi connectivity index (χ2v) is 12.3. The number of likely N-dealkylation sites (tertiary alicyclic amines) is 2. The zero-order valence-electron chi connectivity index (χ0n) is 25.1. The van der Waals surface area contributed by atoms with Gasteiger partial charge in [-0.15, -0.1) is 0 Å². The summed E-state index contributed by atoms with van der Waals surface area (Å²) >= 11 is 12.8. The van der Waals surface area contributed by atoms with Crippen molar-refractivity contribution < 1.29 is 28.9 Å². The number of carboxylic acid groups (broad SMARTS) is 1. The zero-order chi connectivity index (χ0) is 31.5. The summed E-state index contributed by atoms with van der Waals surface area (Å²) in [6, 6.07) is 14.5. The molecular formula is C33H37Cl2N3O6. The summed E-state index contributed by atoms with van der Waals surface area (Å²) in [5.41, 5.74) is 0.719. The van der Waals surface area contributed by atoms with Crippen molar-refractivity contribution in [2.75, 3.05) is 54.1 Å². The van der Waals surface area contributed by atoms with Gasteiger partial charge in [-0.1, -0.05) is 35.3 Å². The molecule has 9 nitrogen and oxygen atoms in total. The predicted molar refractivity (Wildman–Crippen MR) is 169 cm³/mol. The fourth-order valence-corrected chi connectivity index (χ4v) is 6.90. The number of benzene rings is 2. The van der Waals surface area contributed by atoms with Gasteiger partial charge in [0, 0.05) is 30.3 Å². The van der Waals surface area contributed by atoms with Gasteiger partial charge in [0.1, 0.15) is 5.41 Å². The Hall–Kier alpha value is -3.53. The highest BCUT2D eigenvalue weighted by Crippen LogP contribution is 2.43. The van der Waals surface area contributed by atoms with Crippen LogP contribution in [0.4, 0.5) is 0 Å². The monoisotopic (exact) mass is 641 g/mol. The summed E-state index contributed by atoms with van der Waals surface area (Å²) in [5.74, 6) is 0.289. The summed E-state index contributed by atoms with van der Waals surface area (Å²) in [7, 11) is 4.57. The SMILES string of the molecule is COc1cc(C(=O)N2CCC(CCN3CCC(C(=O)O)(c4ccccn4)CC3)(c3ccc(Cl)c(Cl)c3)C2)cc(OC)c1OC. The Bertz CT molecular complexity index is 1490. The van der Waals surface area contributed by atoms with Crippen molar-refractivity contribution in [1.29, 1.82) is 0 Å². The van der Waals surface area contributed by atoms with Gasteiger partial charge in [-0.2, -0.15) is 0 Å². The minimum Gasteiger partial charge on any atom is -0.493 e. The zero-order valence-corrected chi connectivity index (χ0v) is 26.7. The van der Waals surface area contributed by atoms with Crippen molar-refractivity contribution in [3.05, 3.63) is 81.6 Å². The molecule has 0 aliphatic carbocycles. The van der Waals surface area contributed by atoms with E-state index in [1.54, 1.807) is 36.5 Å². The van der Waals surface area contributed by atoms with Crippen molar-refractivity contribution in [3.63, 3.8) is 0 Å². The first kappa shape index (κ1) is 31.9. The number of ether oxygens (including phenoxy) is 3. The summed E-state index contributed by atoms with van der Waals surface area (Å²) < 4.78 is 16.4. The average Bonchev–Trinajstić information content (AvgIpc) is 3.50. The number of hydrogen-bond acceptors (Lipinski definition) is 7. The number of carboxylic acids is 1. The maximum Gasteiger partial charge on any atom is 0.315 e. The highest BCUT2D eigenvalue weighted by Gasteiger charge is 2.46. The number of carbonyl (C=O) groups is 2. The molecule has 3 aromatic rings. The van der Waals surface area contributed by atoms with Gasteiger partial charge >= 0.3 is 5.97 Å². The molecule has 2 fully saturated rings. The van der Waals surface area contributed by atoms with Crippen LogP contribution in [-0.2, 0) is 15.6 Å². The first-order valence-electron chi connectivity index (χ1n) is 14.6. The highest BCUT2D eigenvalue weighted by atomic mass is 35.5. The second-order valence-electron chi connectivity index (χ2n) is 11.5. The fraction of sp³-hybridized carbons (Fsp3) is 0.424. The van der Waals surface area contributed by atoms with E-state index in [1.807, 2.05) is 23.1 Å². The van der Waals surface area contributed by atoms with Crippen LogP contribution < -0.4 is 14.2 Å². The molecule has 2 aliphatic rings. The van der Waals surface area contributed by atoms with Gasteiger partial charge in [0.25, 0.3) is 5.91 Å². The standard InChI is InChI=1S/C33H37Cl2N3O6/c1-42-26-18-22(19-27(43-2)29(26)44-3)30(39)38-17-10-32(21-38,23-7-8-24(34)25(35)20-23)9-14-37-15-11-33(12-16-37,31(40)41)28-6-4-5-13-36-28/h4-8,13,18-20H,9-12,14-17,21H2,1-3H3,(H,40,41). The maximum absolute atomic E-state index is 13.9. The van der Waals surface area contributed by atoms with E-state index in [9.17, 15) is 14.7 Å². The van der Waals surface area contributed by atoms with Crippen LogP contribution in [0.5, 0.6) is 17.2 Å². The third kappa shape index (κ3) is 6.05. The molecule has 2 aromatic carbocycles. The summed E-state index contributed by atoms with van der Waals surface area (Å²) in [5, 5.41) is 11.1. The van der Waals surface area contributed by atoms with Crippen molar-refractivity contribution >= 4 is 35.1 Å². The Balaban J connectivity index is 1.36. The van der Waals surface area contributed by atoms with Gasteiger partial charge in [-0.3, -0.25) is 14.6 Å². The fourth-order valence-electron chi connectivity index (χ4n) is 6.60. The summed E-state index contributed by atoms with van der Waals surface area (Å²) in [4.78, 5) is 34.9. The molecule has 3 heterocycles. The van der Waals surface area contributed by atoms with E-state index in [-0.39, 0.29) is 11.3 Å². The van der Waals surface area contributed by atoms with Crippen molar-refractivity contribution in [3.8, 4) is 17.2 Å². The molecule has 0 spiro atoms. The van der Waals surface area contributed by atoms with E-state index in [0.717, 1.165) is 24.9 Å². The molecule has 2 saturated heterocycles. The maximum atomic E-state index is 13.9. The summed E-state index contributed by atoms with van der Waals surface area (Å²) in [6.45, 7) is 3.05. The van der Waals surface area contributed by atoms with Gasteiger partial charge < -0.3 is 29.1 Å². The largest absolute Gasteiger partial charge is 0.493 e. The van der Waals surface area contributed by atoms with Gasteiger partial charge in [0.05, 0.1) is 37.1 Å². The van der Waals surface area contributed by atoms with E-state index < -0.39 is 11.4 Å². The Morgan fingerprint density at radius 2 is 1.61 bits per heavy atom. The molecule has 234 valence electrons.